The van der Waals surface area contributed by atoms with Crippen LogP contribution in [0.25, 0.3) is 10.9 Å². The van der Waals surface area contributed by atoms with Gasteiger partial charge in [0.2, 0.25) is 5.91 Å². The number of carbonyl (C=O) groups excluding carboxylic acids is 1. The molecule has 32 heavy (non-hydrogen) atoms. The van der Waals surface area contributed by atoms with Crippen molar-refractivity contribution in [2.24, 2.45) is 0 Å². The molecule has 0 saturated carbocycles. The number of nitrogens with one attached hydrogen (secondary N) is 2. The molecule has 0 saturated heterocycles. The number of nitriles is 1. The minimum atomic E-state index is -0.563. The van der Waals surface area contributed by atoms with Gasteiger partial charge in [-0.05, 0) is 51.8 Å². The van der Waals surface area contributed by atoms with Gasteiger partial charge in [-0.1, -0.05) is 29.8 Å². The Hall–Kier alpha value is -3.41. The van der Waals surface area contributed by atoms with E-state index in [-0.39, 0.29) is 23.8 Å². The van der Waals surface area contributed by atoms with Gasteiger partial charge in [-0.2, -0.15) is 10.4 Å². The summed E-state index contributed by atoms with van der Waals surface area (Å²) >= 11 is 9.34. The van der Waals surface area contributed by atoms with Gasteiger partial charge in [0.1, 0.15) is 5.75 Å². The Morgan fingerprint density at radius 3 is 2.88 bits per heavy atom. The maximum atomic E-state index is 15.4. The van der Waals surface area contributed by atoms with Gasteiger partial charge in [0.15, 0.2) is 11.6 Å². The number of rotatable bonds is 5. The minimum absolute atomic E-state index is 0.0209. The largest absolute Gasteiger partial charge is 0.453 e. The highest BCUT2D eigenvalue weighted by atomic mass is 79.9. The topological polar surface area (TPSA) is 90.8 Å². The molecule has 4 aromatic rings. The summed E-state index contributed by atoms with van der Waals surface area (Å²) in [6.07, 6.45) is 0.192. The van der Waals surface area contributed by atoms with Crippen LogP contribution in [-0.2, 0) is 11.2 Å². The fourth-order valence-electron chi connectivity index (χ4n) is 3.31. The highest BCUT2D eigenvalue weighted by Crippen LogP contribution is 2.36. The molecule has 160 valence electrons. The Balaban J connectivity index is 1.69. The first-order valence-electron chi connectivity index (χ1n) is 9.44. The summed E-state index contributed by atoms with van der Waals surface area (Å²) < 4.78 is 21.6. The first-order valence-corrected chi connectivity index (χ1v) is 10.6. The normalized spacial score (nSPS) is 10.7. The Bertz CT molecular complexity index is 1400. The molecule has 0 radical (unpaired) electrons. The summed E-state index contributed by atoms with van der Waals surface area (Å²) in [5.74, 6) is -0.537. The lowest BCUT2D eigenvalue weighted by Crippen LogP contribution is -2.05. The lowest BCUT2D eigenvalue weighted by atomic mass is 10.1. The molecule has 0 bridgehead atoms. The predicted octanol–water partition coefficient (Wildman–Crippen LogP) is 6.33. The van der Waals surface area contributed by atoms with Crippen LogP contribution in [0.3, 0.4) is 0 Å². The van der Waals surface area contributed by atoms with Crippen molar-refractivity contribution in [1.29, 1.82) is 5.26 Å². The van der Waals surface area contributed by atoms with Crippen molar-refractivity contribution in [2.45, 2.75) is 13.3 Å². The molecule has 3 aromatic carbocycles. The average molecular weight is 514 g/mol. The van der Waals surface area contributed by atoms with Gasteiger partial charge >= 0.3 is 0 Å². The molecule has 6 nitrogen and oxygen atoms in total. The molecular weight excluding hydrogens is 499 g/mol. The third kappa shape index (κ3) is 4.44. The van der Waals surface area contributed by atoms with Gasteiger partial charge in [-0.25, -0.2) is 4.39 Å². The molecule has 0 aliphatic heterocycles. The average Bonchev–Trinajstić information content (AvgIpc) is 3.16. The van der Waals surface area contributed by atoms with Crippen molar-refractivity contribution >= 4 is 50.0 Å². The van der Waals surface area contributed by atoms with E-state index < -0.39 is 5.82 Å². The van der Waals surface area contributed by atoms with E-state index >= 15 is 4.39 Å². The number of para-hydroxylation sites is 1. The van der Waals surface area contributed by atoms with Crippen molar-refractivity contribution in [3.8, 4) is 17.6 Å². The maximum Gasteiger partial charge on any atom is 0.221 e. The van der Waals surface area contributed by atoms with Crippen LogP contribution in [-0.4, -0.2) is 16.1 Å². The summed E-state index contributed by atoms with van der Waals surface area (Å²) in [5, 5.41) is 20.2. The van der Waals surface area contributed by atoms with Crippen molar-refractivity contribution in [2.75, 3.05) is 5.32 Å². The second-order valence-electron chi connectivity index (χ2n) is 7.00. The molecule has 1 amide bonds. The molecule has 4 rings (SSSR count). The number of H-pyrrole nitrogens is 1. The summed E-state index contributed by atoms with van der Waals surface area (Å²) in [6.45, 7) is 1.42. The molecule has 0 fully saturated rings. The van der Waals surface area contributed by atoms with E-state index in [9.17, 15) is 4.79 Å². The number of amides is 1. The van der Waals surface area contributed by atoms with Crippen LogP contribution >= 0.6 is 27.5 Å². The van der Waals surface area contributed by atoms with E-state index in [2.05, 4.69) is 31.4 Å². The molecule has 0 unspecified atom stereocenters. The molecule has 9 heteroatoms. The zero-order chi connectivity index (χ0) is 22.8. The molecule has 0 aliphatic carbocycles. The van der Waals surface area contributed by atoms with E-state index in [1.807, 2.05) is 12.1 Å². The van der Waals surface area contributed by atoms with Crippen LogP contribution in [0, 0.1) is 17.1 Å². The third-order valence-electron chi connectivity index (χ3n) is 4.70. The molecule has 2 N–H and O–H groups in total. The smallest absolute Gasteiger partial charge is 0.221 e. The number of nitrogens with zero attached hydrogens (tertiary/aromatic N) is 2. The molecule has 0 atom stereocenters. The second kappa shape index (κ2) is 8.99. The van der Waals surface area contributed by atoms with Crippen molar-refractivity contribution in [3.05, 3.63) is 80.7 Å². The quantitative estimate of drug-likeness (QED) is 0.326. The number of aromatic nitrogens is 2. The summed E-state index contributed by atoms with van der Waals surface area (Å²) in [5.41, 5.74) is 2.55. The maximum absolute atomic E-state index is 15.4. The molecule has 0 spiro atoms. The Kier molecular flexibility index (Phi) is 6.12. The van der Waals surface area contributed by atoms with Crippen LogP contribution in [0.15, 0.2) is 53.0 Å². The lowest BCUT2D eigenvalue weighted by molar-refractivity contribution is -0.114. The number of benzene rings is 3. The zero-order valence-electron chi connectivity index (χ0n) is 16.7. The number of anilines is 1. The first-order chi connectivity index (χ1) is 15.4. The van der Waals surface area contributed by atoms with Crippen LogP contribution in [0.1, 0.15) is 23.7 Å². The minimum Gasteiger partial charge on any atom is -0.453 e. The van der Waals surface area contributed by atoms with Crippen LogP contribution in [0.2, 0.25) is 5.02 Å². The van der Waals surface area contributed by atoms with Crippen molar-refractivity contribution < 1.29 is 13.9 Å². The van der Waals surface area contributed by atoms with Gasteiger partial charge in [-0.15, -0.1) is 0 Å². The molecule has 0 aliphatic rings. The SMILES string of the molecule is CC(=O)Nc1cccc2c(Cc3ccc(Br)c(Oc4cc(Cl)cc(C#N)c4)c3F)n[nH]c12. The van der Waals surface area contributed by atoms with Gasteiger partial charge in [-0.3, -0.25) is 9.89 Å². The predicted molar refractivity (Wildman–Crippen MR) is 124 cm³/mol. The number of aromatic amines is 1. The highest BCUT2D eigenvalue weighted by Gasteiger charge is 2.18. The lowest BCUT2D eigenvalue weighted by Gasteiger charge is -2.12. The standard InChI is InChI=1S/C23H15BrClFN4O2/c1-12(31)28-19-4-2-3-17-20(29-30-22(17)19)9-14-5-6-18(24)23(21(14)26)32-16-8-13(11-27)7-15(25)10-16/h2-8,10H,9H2,1H3,(H,28,31)(H,29,30). The molecular formula is C23H15BrClFN4O2. The van der Waals surface area contributed by atoms with Crippen molar-refractivity contribution in [3.63, 3.8) is 0 Å². The number of halogens is 3. The Morgan fingerprint density at radius 2 is 2.12 bits per heavy atom. The van der Waals surface area contributed by atoms with Crippen LogP contribution < -0.4 is 10.1 Å². The number of carbonyl (C=O) groups is 1. The van der Waals surface area contributed by atoms with Crippen molar-refractivity contribution in [1.82, 2.24) is 10.2 Å². The summed E-state index contributed by atoms with van der Waals surface area (Å²) in [6, 6.07) is 15.2. The van der Waals surface area contributed by atoms with Gasteiger partial charge in [0.05, 0.1) is 33.0 Å². The Morgan fingerprint density at radius 1 is 1.31 bits per heavy atom. The zero-order valence-corrected chi connectivity index (χ0v) is 19.0. The van der Waals surface area contributed by atoms with E-state index in [1.54, 1.807) is 24.3 Å². The molecule has 1 heterocycles. The van der Waals surface area contributed by atoms with Gasteiger partial charge < -0.3 is 10.1 Å². The Labute approximate surface area is 196 Å². The van der Waals surface area contributed by atoms with Crippen LogP contribution in [0.4, 0.5) is 10.1 Å². The van der Waals surface area contributed by atoms with E-state index in [0.29, 0.717) is 37.5 Å². The number of hydrogen-bond donors (Lipinski definition) is 2. The number of ether oxygens (including phenoxy) is 1. The third-order valence-corrected chi connectivity index (χ3v) is 5.54. The van der Waals surface area contributed by atoms with E-state index in [4.69, 9.17) is 21.6 Å². The molecule has 1 aromatic heterocycles. The fraction of sp³-hybridized carbons (Fsp3) is 0.0870. The summed E-state index contributed by atoms with van der Waals surface area (Å²) in [4.78, 5) is 11.4. The summed E-state index contributed by atoms with van der Waals surface area (Å²) in [7, 11) is 0. The van der Waals surface area contributed by atoms with Gasteiger partial charge in [0, 0.05) is 23.8 Å². The fourth-order valence-corrected chi connectivity index (χ4v) is 3.93. The second-order valence-corrected chi connectivity index (χ2v) is 8.29. The van der Waals surface area contributed by atoms with Crippen LogP contribution in [0.5, 0.6) is 11.5 Å². The number of fused-ring (bicyclic) bond motifs is 1. The van der Waals surface area contributed by atoms with E-state index in [1.165, 1.54) is 25.1 Å². The monoisotopic (exact) mass is 512 g/mol. The number of hydrogen-bond acceptors (Lipinski definition) is 4. The first kappa shape index (κ1) is 21.8. The van der Waals surface area contributed by atoms with Gasteiger partial charge in [0.25, 0.3) is 0 Å². The van der Waals surface area contributed by atoms with E-state index in [0.717, 1.165) is 5.39 Å². The highest BCUT2D eigenvalue weighted by molar-refractivity contribution is 9.10.